The normalized spacial score (nSPS) is 13.0. The van der Waals surface area contributed by atoms with Gasteiger partial charge in [0, 0.05) is 29.8 Å². The van der Waals surface area contributed by atoms with E-state index < -0.39 is 18.0 Å². The molecule has 4 aromatic rings. The van der Waals surface area contributed by atoms with Crippen molar-refractivity contribution in [2.24, 2.45) is 7.05 Å². The molecule has 0 bridgehead atoms. The van der Waals surface area contributed by atoms with E-state index in [4.69, 9.17) is 5.48 Å². The number of aryl methyl sites for hydroxylation is 1. The standard InChI is InChI=1S/C20H17N5O/c1-13-3-5-14(6-4-13)19(26)24-20-22-10-16-8-7-15(9-17(16)23-20)18-11-21-12-25(18)2/h3-12H,1-2H3,(H,22,23,24,26)/i3D,4D,5D,6D. The number of rotatable bonds is 3. The number of carbonyl (C=O) groups is 1. The minimum absolute atomic E-state index is 0.00657. The molecule has 6 heteroatoms. The fourth-order valence-electron chi connectivity index (χ4n) is 2.53. The van der Waals surface area contributed by atoms with Gasteiger partial charge in [0.05, 0.1) is 29.2 Å². The van der Waals surface area contributed by atoms with Crippen LogP contribution in [0, 0.1) is 6.92 Å². The van der Waals surface area contributed by atoms with Gasteiger partial charge in [-0.3, -0.25) is 10.1 Å². The summed E-state index contributed by atoms with van der Waals surface area (Å²) >= 11 is 0. The number of fused-ring (bicyclic) bond motifs is 1. The number of benzene rings is 2. The predicted octanol–water partition coefficient (Wildman–Crippen LogP) is 3.59. The van der Waals surface area contributed by atoms with E-state index in [1.165, 1.54) is 6.92 Å². The predicted molar refractivity (Wildman–Crippen MR) is 101 cm³/mol. The maximum atomic E-state index is 12.7. The first-order valence-electron chi connectivity index (χ1n) is 9.89. The maximum absolute atomic E-state index is 12.7. The van der Waals surface area contributed by atoms with E-state index in [2.05, 4.69) is 20.3 Å². The number of nitrogens with zero attached hydrogens (tertiary/aromatic N) is 4. The Labute approximate surface area is 156 Å². The third-order valence-electron chi connectivity index (χ3n) is 3.90. The van der Waals surface area contributed by atoms with Crippen LogP contribution >= 0.6 is 0 Å². The van der Waals surface area contributed by atoms with Gasteiger partial charge in [0.2, 0.25) is 5.95 Å². The van der Waals surface area contributed by atoms with Crippen molar-refractivity contribution in [1.82, 2.24) is 19.5 Å². The summed E-state index contributed by atoms with van der Waals surface area (Å²) in [5.74, 6) is -0.791. The molecule has 0 atom stereocenters. The molecule has 4 rings (SSSR count). The number of hydrogen-bond donors (Lipinski definition) is 1. The van der Waals surface area contributed by atoms with E-state index in [1.807, 2.05) is 29.8 Å². The molecule has 2 heterocycles. The molecule has 128 valence electrons. The fraction of sp³-hybridized carbons (Fsp3) is 0.100. The number of nitrogens with one attached hydrogen (secondary N) is 1. The second-order valence-electron chi connectivity index (χ2n) is 5.81. The highest BCUT2D eigenvalue weighted by atomic mass is 16.1. The van der Waals surface area contributed by atoms with Gasteiger partial charge in [-0.25, -0.2) is 15.0 Å². The van der Waals surface area contributed by atoms with Crippen molar-refractivity contribution in [1.29, 1.82) is 0 Å². The molecule has 0 saturated carbocycles. The summed E-state index contributed by atoms with van der Waals surface area (Å²) in [6, 6.07) is 4.35. The first-order valence-corrected chi connectivity index (χ1v) is 7.89. The van der Waals surface area contributed by atoms with E-state index in [0.29, 0.717) is 5.52 Å². The summed E-state index contributed by atoms with van der Waals surface area (Å²) in [5.41, 5.74) is 2.25. The molecule has 6 nitrogen and oxygen atoms in total. The third-order valence-corrected chi connectivity index (χ3v) is 3.90. The Morgan fingerprint density at radius 3 is 2.73 bits per heavy atom. The highest BCUT2D eigenvalue weighted by Crippen LogP contribution is 2.23. The molecule has 0 saturated heterocycles. The molecule has 0 radical (unpaired) electrons. The van der Waals surface area contributed by atoms with Crippen LogP contribution in [0.4, 0.5) is 5.95 Å². The van der Waals surface area contributed by atoms with E-state index in [9.17, 15) is 4.79 Å². The van der Waals surface area contributed by atoms with Crippen LogP contribution in [0.5, 0.6) is 0 Å². The largest absolute Gasteiger partial charge is 0.334 e. The van der Waals surface area contributed by atoms with Crippen LogP contribution in [0.25, 0.3) is 22.2 Å². The monoisotopic (exact) mass is 347 g/mol. The first-order chi connectivity index (χ1) is 14.3. The Bertz CT molecular complexity index is 1290. The highest BCUT2D eigenvalue weighted by Gasteiger charge is 2.09. The average Bonchev–Trinajstić information content (AvgIpc) is 3.16. The number of amides is 1. The van der Waals surface area contributed by atoms with Crippen LogP contribution in [0.1, 0.15) is 21.4 Å². The molecule has 0 aliphatic rings. The minimum atomic E-state index is -0.797. The second kappa shape index (κ2) is 6.40. The third kappa shape index (κ3) is 3.04. The number of carbonyl (C=O) groups excluding carboxylic acids is 1. The molecule has 1 N–H and O–H groups in total. The Kier molecular flexibility index (Phi) is 2.93. The molecule has 0 unspecified atom stereocenters. The Balaban J connectivity index is 1.71. The molecule has 1 amide bonds. The van der Waals surface area contributed by atoms with Crippen molar-refractivity contribution >= 4 is 22.8 Å². The van der Waals surface area contributed by atoms with Crippen molar-refractivity contribution < 1.29 is 10.3 Å². The van der Waals surface area contributed by atoms with Gasteiger partial charge in [0.15, 0.2) is 0 Å². The fourth-order valence-corrected chi connectivity index (χ4v) is 2.53. The van der Waals surface area contributed by atoms with Crippen LogP contribution in [-0.4, -0.2) is 25.4 Å². The van der Waals surface area contributed by atoms with Crippen molar-refractivity contribution in [2.45, 2.75) is 6.92 Å². The number of hydrogen-bond acceptors (Lipinski definition) is 4. The lowest BCUT2D eigenvalue weighted by molar-refractivity contribution is 0.102. The number of aromatic nitrogens is 4. The van der Waals surface area contributed by atoms with Gasteiger partial charge >= 0.3 is 0 Å². The lowest BCUT2D eigenvalue weighted by Crippen LogP contribution is -2.14. The van der Waals surface area contributed by atoms with Gasteiger partial charge < -0.3 is 4.57 Å². The smallest absolute Gasteiger partial charge is 0.258 e. The van der Waals surface area contributed by atoms with E-state index in [0.717, 1.165) is 16.6 Å². The maximum Gasteiger partial charge on any atom is 0.258 e. The summed E-state index contributed by atoms with van der Waals surface area (Å²) < 4.78 is 33.7. The molecule has 2 aromatic heterocycles. The summed E-state index contributed by atoms with van der Waals surface area (Å²) in [4.78, 5) is 25.3. The molecular weight excluding hydrogens is 326 g/mol. The topological polar surface area (TPSA) is 72.7 Å². The Hall–Kier alpha value is -3.54. The van der Waals surface area contributed by atoms with Gasteiger partial charge in [0.1, 0.15) is 0 Å². The Morgan fingerprint density at radius 2 is 2.00 bits per heavy atom. The summed E-state index contributed by atoms with van der Waals surface area (Å²) in [6.07, 6.45) is 5.00. The van der Waals surface area contributed by atoms with Gasteiger partial charge in [-0.1, -0.05) is 29.8 Å². The van der Waals surface area contributed by atoms with Crippen LogP contribution in [0.3, 0.4) is 0 Å². The van der Waals surface area contributed by atoms with Crippen molar-refractivity contribution in [3.63, 3.8) is 0 Å². The molecule has 0 aliphatic heterocycles. The van der Waals surface area contributed by atoms with Crippen molar-refractivity contribution in [3.05, 3.63) is 72.2 Å². The van der Waals surface area contributed by atoms with Crippen molar-refractivity contribution in [3.8, 4) is 11.3 Å². The Morgan fingerprint density at radius 1 is 1.19 bits per heavy atom. The molecular formula is C20H17N5O. The molecule has 26 heavy (non-hydrogen) atoms. The number of imidazole rings is 1. The zero-order valence-electron chi connectivity index (χ0n) is 18.2. The van der Waals surface area contributed by atoms with Gasteiger partial charge in [0.25, 0.3) is 5.91 Å². The lowest BCUT2D eigenvalue weighted by atomic mass is 10.1. The van der Waals surface area contributed by atoms with Crippen molar-refractivity contribution in [2.75, 3.05) is 5.32 Å². The van der Waals surface area contributed by atoms with Crippen LogP contribution in [-0.2, 0) is 7.05 Å². The van der Waals surface area contributed by atoms with E-state index >= 15 is 0 Å². The zero-order chi connectivity index (χ0) is 21.6. The molecule has 0 fully saturated rings. The van der Waals surface area contributed by atoms with Gasteiger partial charge in [-0.2, -0.15) is 0 Å². The zero-order valence-corrected chi connectivity index (χ0v) is 14.2. The molecule has 2 aromatic carbocycles. The number of anilines is 1. The van der Waals surface area contributed by atoms with Crippen LogP contribution in [0.15, 0.2) is 61.1 Å². The van der Waals surface area contributed by atoms with Crippen LogP contribution < -0.4 is 5.32 Å². The van der Waals surface area contributed by atoms with E-state index in [1.54, 1.807) is 18.7 Å². The van der Waals surface area contributed by atoms with E-state index in [-0.39, 0.29) is 29.2 Å². The molecule has 0 aliphatic carbocycles. The van der Waals surface area contributed by atoms with Gasteiger partial charge in [-0.15, -0.1) is 0 Å². The SMILES string of the molecule is [2H]c1c([2H])c(C(=O)Nc2ncc3ccc(-c4cncn4C)cc3n2)c([2H])c([2H])c1C. The quantitative estimate of drug-likeness (QED) is 0.615. The summed E-state index contributed by atoms with van der Waals surface area (Å²) in [7, 11) is 1.89. The van der Waals surface area contributed by atoms with Crippen LogP contribution in [0.2, 0.25) is 0 Å². The average molecular weight is 347 g/mol. The lowest BCUT2D eigenvalue weighted by Gasteiger charge is -2.07. The highest BCUT2D eigenvalue weighted by molar-refractivity contribution is 6.03. The summed E-state index contributed by atoms with van der Waals surface area (Å²) in [6.45, 7) is 1.48. The first kappa shape index (κ1) is 11.9. The molecule has 0 spiro atoms. The summed E-state index contributed by atoms with van der Waals surface area (Å²) in [5, 5.41) is 3.26. The minimum Gasteiger partial charge on any atom is -0.334 e. The van der Waals surface area contributed by atoms with Gasteiger partial charge in [-0.05, 0) is 25.1 Å². The second-order valence-corrected chi connectivity index (χ2v) is 5.81.